The number of rotatable bonds is 1. The predicted octanol–water partition coefficient (Wildman–Crippen LogP) is 2.23. The Hall–Kier alpha value is -1.72. The van der Waals surface area contributed by atoms with Crippen molar-refractivity contribution >= 4 is 26.7 Å². The van der Waals surface area contributed by atoms with Gasteiger partial charge in [-0.3, -0.25) is 9.35 Å². The summed E-state index contributed by atoms with van der Waals surface area (Å²) in [6.07, 6.45) is 0.617. The zero-order chi connectivity index (χ0) is 13.6. The molecular weight excluding hydrogens is 264 g/mol. The van der Waals surface area contributed by atoms with Crippen LogP contribution in [0.4, 0.5) is 0 Å². The van der Waals surface area contributed by atoms with Crippen LogP contribution in [-0.4, -0.2) is 24.0 Å². The van der Waals surface area contributed by atoms with Crippen LogP contribution in [0.5, 0.6) is 0 Å². The first-order chi connectivity index (χ1) is 8.98. The molecule has 0 amide bonds. The van der Waals surface area contributed by atoms with E-state index in [1.807, 2.05) is 24.3 Å². The van der Waals surface area contributed by atoms with Gasteiger partial charge in [-0.25, -0.2) is 0 Å². The molecule has 3 rings (SSSR count). The van der Waals surface area contributed by atoms with E-state index in [0.717, 1.165) is 16.3 Å². The Morgan fingerprint density at radius 2 is 1.84 bits per heavy atom. The quantitative estimate of drug-likeness (QED) is 0.811. The van der Waals surface area contributed by atoms with Gasteiger partial charge in [0.15, 0.2) is 5.78 Å². The Bertz CT molecular complexity index is 777. The second-order valence-electron chi connectivity index (χ2n) is 4.72. The smallest absolute Gasteiger partial charge is 0.275 e. The van der Waals surface area contributed by atoms with Crippen molar-refractivity contribution in [2.75, 3.05) is 0 Å². The van der Waals surface area contributed by atoms with Crippen LogP contribution < -0.4 is 0 Å². The number of carbonyl (C=O) groups is 1. The Balaban J connectivity index is 2.21. The van der Waals surface area contributed by atoms with Gasteiger partial charge in [-0.05, 0) is 29.2 Å². The first-order valence-electron chi connectivity index (χ1n) is 5.99. The molecule has 1 aliphatic rings. The van der Waals surface area contributed by atoms with E-state index in [2.05, 4.69) is 0 Å². The van der Waals surface area contributed by atoms with Crippen molar-refractivity contribution in [2.45, 2.75) is 18.1 Å². The van der Waals surface area contributed by atoms with Crippen LogP contribution in [0.3, 0.4) is 0 Å². The zero-order valence-corrected chi connectivity index (χ0v) is 10.9. The maximum atomic E-state index is 12.2. The van der Waals surface area contributed by atoms with Gasteiger partial charge >= 0.3 is 0 Å². The minimum Gasteiger partial charge on any atom is -0.293 e. The summed E-state index contributed by atoms with van der Waals surface area (Å²) in [5.41, 5.74) is 1.29. The van der Waals surface area contributed by atoms with Crippen LogP contribution in [0.15, 0.2) is 36.4 Å². The van der Waals surface area contributed by atoms with E-state index in [1.165, 1.54) is 0 Å². The molecule has 19 heavy (non-hydrogen) atoms. The Labute approximate surface area is 110 Å². The Morgan fingerprint density at radius 1 is 1.11 bits per heavy atom. The molecular formula is C14H12O4S. The van der Waals surface area contributed by atoms with Crippen LogP contribution in [0.25, 0.3) is 10.8 Å². The summed E-state index contributed by atoms with van der Waals surface area (Å²) in [5.74, 6) is -0.505. The largest absolute Gasteiger partial charge is 0.293 e. The van der Waals surface area contributed by atoms with Gasteiger partial charge in [0.2, 0.25) is 0 Å². The maximum absolute atomic E-state index is 12.2. The van der Waals surface area contributed by atoms with Gasteiger partial charge in [0.25, 0.3) is 10.1 Å². The van der Waals surface area contributed by atoms with Crippen molar-refractivity contribution in [1.29, 1.82) is 0 Å². The zero-order valence-electron chi connectivity index (χ0n) is 10.0. The number of ketones is 1. The van der Waals surface area contributed by atoms with Crippen molar-refractivity contribution in [3.63, 3.8) is 0 Å². The lowest BCUT2D eigenvalue weighted by Gasteiger charge is -2.22. The summed E-state index contributed by atoms with van der Waals surface area (Å²) in [6, 6.07) is 11.1. The molecule has 0 spiro atoms. The molecule has 1 N–H and O–H groups in total. The molecule has 0 saturated carbocycles. The second-order valence-corrected chi connectivity index (χ2v) is 6.32. The fraction of sp³-hybridized carbons (Fsp3) is 0.214. The summed E-state index contributed by atoms with van der Waals surface area (Å²) < 4.78 is 31.5. The Morgan fingerprint density at radius 3 is 2.58 bits per heavy atom. The summed E-state index contributed by atoms with van der Waals surface area (Å²) in [4.78, 5) is 12.2. The number of Topliss-reactive ketones (excluding diaryl/α,β-unsaturated/α-hetero) is 1. The predicted molar refractivity (Wildman–Crippen MR) is 71.9 cm³/mol. The van der Waals surface area contributed by atoms with E-state index in [1.54, 1.807) is 12.1 Å². The van der Waals surface area contributed by atoms with E-state index >= 15 is 0 Å². The lowest BCUT2D eigenvalue weighted by atomic mass is 9.86. The van der Waals surface area contributed by atoms with Crippen LogP contribution in [0.1, 0.15) is 22.3 Å². The van der Waals surface area contributed by atoms with E-state index in [9.17, 15) is 13.2 Å². The molecule has 0 heterocycles. The van der Waals surface area contributed by atoms with Crippen molar-refractivity contribution in [2.24, 2.45) is 0 Å². The van der Waals surface area contributed by atoms with Crippen molar-refractivity contribution < 1.29 is 17.8 Å². The molecule has 0 bridgehead atoms. The topological polar surface area (TPSA) is 71.4 Å². The highest BCUT2D eigenvalue weighted by atomic mass is 32.2. The lowest BCUT2D eigenvalue weighted by Crippen LogP contribution is -2.34. The monoisotopic (exact) mass is 276 g/mol. The first kappa shape index (κ1) is 12.3. The summed E-state index contributed by atoms with van der Waals surface area (Å²) in [5, 5.41) is 0.683. The molecule has 2 aromatic rings. The van der Waals surface area contributed by atoms with Gasteiger partial charge in [0, 0.05) is 5.56 Å². The van der Waals surface area contributed by atoms with Crippen molar-refractivity contribution in [3.05, 3.63) is 47.5 Å². The molecule has 5 heteroatoms. The molecule has 0 aromatic heterocycles. The average Bonchev–Trinajstić information content (AvgIpc) is 2.37. The molecule has 98 valence electrons. The third-order valence-electron chi connectivity index (χ3n) is 3.61. The normalized spacial score (nSPS) is 19.4. The van der Waals surface area contributed by atoms with Gasteiger partial charge < -0.3 is 0 Å². The number of aryl methyl sites for hydroxylation is 1. The highest BCUT2D eigenvalue weighted by Crippen LogP contribution is 2.31. The highest BCUT2D eigenvalue weighted by Gasteiger charge is 2.36. The third-order valence-corrected chi connectivity index (χ3v) is 4.78. The van der Waals surface area contributed by atoms with Crippen molar-refractivity contribution in [1.82, 2.24) is 0 Å². The maximum Gasteiger partial charge on any atom is 0.275 e. The minimum absolute atomic E-state index is 0.138. The van der Waals surface area contributed by atoms with Crippen LogP contribution in [0.2, 0.25) is 0 Å². The van der Waals surface area contributed by atoms with E-state index < -0.39 is 21.2 Å². The summed E-state index contributed by atoms with van der Waals surface area (Å²) >= 11 is 0. The number of hydrogen-bond acceptors (Lipinski definition) is 3. The number of carbonyl (C=O) groups excluding carboxylic acids is 1. The van der Waals surface area contributed by atoms with Gasteiger partial charge in [0.05, 0.1) is 0 Å². The number of benzene rings is 2. The van der Waals surface area contributed by atoms with Gasteiger partial charge in [0.1, 0.15) is 5.25 Å². The molecule has 1 unspecified atom stereocenters. The molecule has 0 fully saturated rings. The van der Waals surface area contributed by atoms with E-state index in [0.29, 0.717) is 12.0 Å². The SMILES string of the molecule is O=C1c2ccc3ccccc3c2CCC1S(=O)(=O)O. The van der Waals surface area contributed by atoms with Gasteiger partial charge in [-0.2, -0.15) is 8.42 Å². The fourth-order valence-electron chi connectivity index (χ4n) is 2.70. The van der Waals surface area contributed by atoms with E-state index in [4.69, 9.17) is 4.55 Å². The molecule has 2 aromatic carbocycles. The fourth-order valence-corrected chi connectivity index (χ4v) is 3.51. The van der Waals surface area contributed by atoms with Gasteiger partial charge in [-0.1, -0.05) is 36.4 Å². The van der Waals surface area contributed by atoms with E-state index in [-0.39, 0.29) is 6.42 Å². The molecule has 0 aliphatic heterocycles. The summed E-state index contributed by atoms with van der Waals surface area (Å²) in [7, 11) is -4.32. The molecule has 4 nitrogen and oxygen atoms in total. The van der Waals surface area contributed by atoms with Crippen molar-refractivity contribution in [3.8, 4) is 0 Å². The highest BCUT2D eigenvalue weighted by molar-refractivity contribution is 7.87. The first-order valence-corrected chi connectivity index (χ1v) is 7.50. The van der Waals surface area contributed by atoms with Crippen LogP contribution in [0, 0.1) is 0 Å². The van der Waals surface area contributed by atoms with Crippen LogP contribution >= 0.6 is 0 Å². The average molecular weight is 276 g/mol. The number of hydrogen-bond donors (Lipinski definition) is 1. The van der Waals surface area contributed by atoms with Gasteiger partial charge in [-0.15, -0.1) is 0 Å². The number of fused-ring (bicyclic) bond motifs is 3. The standard InChI is InChI=1S/C14H12O4S/c15-14-12-6-5-9-3-1-2-4-10(9)11(12)7-8-13(14)19(16,17)18/h1-6,13H,7-8H2,(H,16,17,18). The molecule has 0 saturated heterocycles. The molecule has 1 atom stereocenters. The third kappa shape index (κ3) is 1.95. The second kappa shape index (κ2) is 4.15. The lowest BCUT2D eigenvalue weighted by molar-refractivity contribution is 0.0974. The Kier molecular flexibility index (Phi) is 2.69. The molecule has 0 radical (unpaired) electrons. The summed E-state index contributed by atoms with van der Waals surface area (Å²) in [6.45, 7) is 0. The minimum atomic E-state index is -4.32. The van der Waals surface area contributed by atoms with Crippen LogP contribution in [-0.2, 0) is 16.5 Å². The molecule has 1 aliphatic carbocycles.